The summed E-state index contributed by atoms with van der Waals surface area (Å²) < 4.78 is 6.04. The summed E-state index contributed by atoms with van der Waals surface area (Å²) in [5.74, 6) is -1.23. The van der Waals surface area contributed by atoms with Crippen LogP contribution in [0.3, 0.4) is 0 Å². The lowest BCUT2D eigenvalue weighted by Gasteiger charge is -2.10. The molecule has 6 nitrogen and oxygen atoms in total. The molecule has 0 spiro atoms. The minimum Gasteiger partial charge on any atom is -0.495 e. The predicted molar refractivity (Wildman–Crippen MR) is 96.2 cm³/mol. The summed E-state index contributed by atoms with van der Waals surface area (Å²) in [4.78, 5) is 23.7. The fourth-order valence-corrected chi connectivity index (χ4v) is 2.32. The van der Waals surface area contributed by atoms with Crippen LogP contribution in [0.5, 0.6) is 5.75 Å². The van der Waals surface area contributed by atoms with Crippen LogP contribution in [-0.2, 0) is 9.59 Å². The zero-order valence-corrected chi connectivity index (χ0v) is 14.8. The van der Waals surface area contributed by atoms with E-state index in [1.165, 1.54) is 13.3 Å². The van der Waals surface area contributed by atoms with Gasteiger partial charge >= 0.3 is 11.8 Å². The van der Waals surface area contributed by atoms with Crippen molar-refractivity contribution in [3.05, 3.63) is 58.1 Å². The fourth-order valence-electron chi connectivity index (χ4n) is 1.90. The molecule has 2 rings (SSSR count). The van der Waals surface area contributed by atoms with Gasteiger partial charge in [-0.1, -0.05) is 34.1 Å². The SMILES string of the molecule is COc1ccc(C)cc1NC(=O)C(=O)N/N=C\c1cccc(Br)c1. The van der Waals surface area contributed by atoms with Gasteiger partial charge in [-0.3, -0.25) is 9.59 Å². The molecule has 0 saturated heterocycles. The van der Waals surface area contributed by atoms with Crippen LogP contribution in [0.1, 0.15) is 11.1 Å². The van der Waals surface area contributed by atoms with Crippen LogP contribution in [0.4, 0.5) is 5.69 Å². The van der Waals surface area contributed by atoms with Gasteiger partial charge in [-0.2, -0.15) is 5.10 Å². The molecule has 0 fully saturated rings. The number of hydrogen-bond acceptors (Lipinski definition) is 4. The Morgan fingerprint density at radius 3 is 2.67 bits per heavy atom. The van der Waals surface area contributed by atoms with Crippen LogP contribution in [0.25, 0.3) is 0 Å². The average Bonchev–Trinajstić information content (AvgIpc) is 2.55. The van der Waals surface area contributed by atoms with E-state index in [4.69, 9.17) is 4.74 Å². The number of benzene rings is 2. The summed E-state index contributed by atoms with van der Waals surface area (Å²) >= 11 is 3.34. The van der Waals surface area contributed by atoms with Crippen LogP contribution in [0.15, 0.2) is 52.0 Å². The monoisotopic (exact) mass is 389 g/mol. The van der Waals surface area contributed by atoms with Crippen LogP contribution in [0, 0.1) is 6.92 Å². The summed E-state index contributed by atoms with van der Waals surface area (Å²) in [6.07, 6.45) is 1.45. The lowest BCUT2D eigenvalue weighted by molar-refractivity contribution is -0.136. The molecule has 2 aromatic carbocycles. The summed E-state index contributed by atoms with van der Waals surface area (Å²) in [6.45, 7) is 1.87. The molecule has 0 aromatic heterocycles. The van der Waals surface area contributed by atoms with Crippen LogP contribution in [0.2, 0.25) is 0 Å². The largest absolute Gasteiger partial charge is 0.495 e. The van der Waals surface area contributed by atoms with E-state index in [0.717, 1.165) is 15.6 Å². The normalized spacial score (nSPS) is 10.5. The number of carbonyl (C=O) groups is 2. The third-order valence-electron chi connectivity index (χ3n) is 3.04. The van der Waals surface area contributed by atoms with E-state index in [-0.39, 0.29) is 0 Å². The molecule has 24 heavy (non-hydrogen) atoms. The molecule has 124 valence electrons. The van der Waals surface area contributed by atoms with Crippen molar-refractivity contribution in [2.24, 2.45) is 5.10 Å². The third kappa shape index (κ3) is 4.92. The Labute approximate surface area is 148 Å². The van der Waals surface area contributed by atoms with Crippen LogP contribution in [-0.4, -0.2) is 25.1 Å². The third-order valence-corrected chi connectivity index (χ3v) is 3.53. The standard InChI is InChI=1S/C17H16BrN3O3/c1-11-6-7-15(24-2)14(8-11)20-16(22)17(23)21-19-10-12-4-3-5-13(18)9-12/h3-10H,1-2H3,(H,20,22)(H,21,23)/b19-10-. The van der Waals surface area contributed by atoms with E-state index in [0.29, 0.717) is 11.4 Å². The average molecular weight is 390 g/mol. The molecular weight excluding hydrogens is 374 g/mol. The molecule has 0 unspecified atom stereocenters. The van der Waals surface area contributed by atoms with Crippen molar-refractivity contribution in [3.8, 4) is 5.75 Å². The first-order valence-electron chi connectivity index (χ1n) is 7.04. The Morgan fingerprint density at radius 2 is 1.96 bits per heavy atom. The second-order valence-electron chi connectivity index (χ2n) is 4.91. The zero-order valence-electron chi connectivity index (χ0n) is 13.2. The number of hydrazone groups is 1. The maximum atomic E-state index is 11.9. The van der Waals surface area contributed by atoms with E-state index in [2.05, 4.69) is 31.8 Å². The van der Waals surface area contributed by atoms with Crippen molar-refractivity contribution in [1.82, 2.24) is 5.43 Å². The van der Waals surface area contributed by atoms with Crippen molar-refractivity contribution >= 4 is 39.6 Å². The van der Waals surface area contributed by atoms with Gasteiger partial charge < -0.3 is 10.1 Å². The number of anilines is 1. The number of rotatable bonds is 4. The first kappa shape index (κ1) is 17.7. The number of nitrogens with zero attached hydrogens (tertiary/aromatic N) is 1. The van der Waals surface area contributed by atoms with Gasteiger partial charge in [-0.05, 0) is 42.3 Å². The number of aryl methyl sites for hydroxylation is 1. The minimum absolute atomic E-state index is 0.425. The molecule has 2 N–H and O–H groups in total. The van der Waals surface area contributed by atoms with E-state index in [9.17, 15) is 9.59 Å². The highest BCUT2D eigenvalue weighted by molar-refractivity contribution is 9.10. The first-order chi connectivity index (χ1) is 11.5. The Bertz CT molecular complexity index is 790. The molecule has 2 aromatic rings. The van der Waals surface area contributed by atoms with Gasteiger partial charge in [0, 0.05) is 4.47 Å². The molecule has 2 amide bonds. The fraction of sp³-hybridized carbons (Fsp3) is 0.118. The predicted octanol–water partition coefficient (Wildman–Crippen LogP) is 2.85. The van der Waals surface area contributed by atoms with Gasteiger partial charge in [0.25, 0.3) is 0 Å². The van der Waals surface area contributed by atoms with Gasteiger partial charge in [0.05, 0.1) is 19.0 Å². The Balaban J connectivity index is 1.98. The van der Waals surface area contributed by atoms with Crippen molar-refractivity contribution < 1.29 is 14.3 Å². The van der Waals surface area contributed by atoms with Crippen molar-refractivity contribution in [2.45, 2.75) is 6.92 Å². The van der Waals surface area contributed by atoms with Gasteiger partial charge in [-0.25, -0.2) is 5.43 Å². The Kier molecular flexibility index (Phi) is 6.08. The lowest BCUT2D eigenvalue weighted by atomic mass is 10.2. The maximum absolute atomic E-state index is 11.9. The second-order valence-corrected chi connectivity index (χ2v) is 5.83. The van der Waals surface area contributed by atoms with Crippen molar-refractivity contribution in [1.29, 1.82) is 0 Å². The van der Waals surface area contributed by atoms with E-state index < -0.39 is 11.8 Å². The number of amides is 2. The quantitative estimate of drug-likeness (QED) is 0.479. The van der Waals surface area contributed by atoms with E-state index in [1.807, 2.05) is 37.3 Å². The second kappa shape index (κ2) is 8.26. The molecule has 0 heterocycles. The lowest BCUT2D eigenvalue weighted by Crippen LogP contribution is -2.32. The molecule has 0 radical (unpaired) electrons. The first-order valence-corrected chi connectivity index (χ1v) is 7.83. The van der Waals surface area contributed by atoms with Gasteiger partial charge in [-0.15, -0.1) is 0 Å². The molecule has 0 aliphatic carbocycles. The van der Waals surface area contributed by atoms with E-state index in [1.54, 1.807) is 12.1 Å². The summed E-state index contributed by atoms with van der Waals surface area (Å²) in [5, 5.41) is 6.27. The summed E-state index contributed by atoms with van der Waals surface area (Å²) in [5.41, 5.74) is 4.32. The highest BCUT2D eigenvalue weighted by Gasteiger charge is 2.15. The summed E-state index contributed by atoms with van der Waals surface area (Å²) in [7, 11) is 1.49. The van der Waals surface area contributed by atoms with Crippen LogP contribution < -0.4 is 15.5 Å². The van der Waals surface area contributed by atoms with E-state index >= 15 is 0 Å². The molecule has 0 atom stereocenters. The summed E-state index contributed by atoms with van der Waals surface area (Å²) in [6, 6.07) is 12.6. The number of ether oxygens (including phenoxy) is 1. The Morgan fingerprint density at radius 1 is 1.17 bits per heavy atom. The minimum atomic E-state index is -0.871. The maximum Gasteiger partial charge on any atom is 0.329 e. The molecule has 0 aliphatic heterocycles. The molecule has 0 bridgehead atoms. The van der Waals surface area contributed by atoms with Gasteiger partial charge in [0.2, 0.25) is 0 Å². The van der Waals surface area contributed by atoms with Crippen molar-refractivity contribution in [2.75, 3.05) is 12.4 Å². The Hall–Kier alpha value is -2.67. The van der Waals surface area contributed by atoms with Gasteiger partial charge in [0.15, 0.2) is 0 Å². The van der Waals surface area contributed by atoms with Crippen LogP contribution >= 0.6 is 15.9 Å². The molecular formula is C17H16BrN3O3. The number of nitrogens with one attached hydrogen (secondary N) is 2. The number of carbonyl (C=O) groups excluding carboxylic acids is 2. The number of hydrogen-bond donors (Lipinski definition) is 2. The zero-order chi connectivity index (χ0) is 17.5. The topological polar surface area (TPSA) is 79.8 Å². The van der Waals surface area contributed by atoms with Gasteiger partial charge in [0.1, 0.15) is 5.75 Å². The molecule has 0 saturated carbocycles. The number of halogens is 1. The number of methoxy groups -OCH3 is 1. The smallest absolute Gasteiger partial charge is 0.329 e. The molecule has 7 heteroatoms. The highest BCUT2D eigenvalue weighted by atomic mass is 79.9. The highest BCUT2D eigenvalue weighted by Crippen LogP contribution is 2.24. The van der Waals surface area contributed by atoms with Crippen molar-refractivity contribution in [3.63, 3.8) is 0 Å². The molecule has 0 aliphatic rings.